The molecule has 27 heavy (non-hydrogen) atoms. The number of para-hydroxylation sites is 1. The predicted octanol–water partition coefficient (Wildman–Crippen LogP) is 4.96. The molecule has 142 valence electrons. The number of nitrogen functional groups attached to an aromatic ring is 1. The Morgan fingerprint density at radius 2 is 2.04 bits per heavy atom. The fourth-order valence-electron chi connectivity index (χ4n) is 2.50. The molecule has 0 aliphatic rings. The second-order valence-corrected chi connectivity index (χ2v) is 7.28. The van der Waals surface area contributed by atoms with Gasteiger partial charge in [-0.05, 0) is 30.7 Å². The van der Waals surface area contributed by atoms with E-state index in [9.17, 15) is 18.0 Å². The Kier molecular flexibility index (Phi) is 4.92. The molecule has 1 amide bonds. The highest BCUT2D eigenvalue weighted by Crippen LogP contribution is 2.38. The quantitative estimate of drug-likeness (QED) is 0.636. The van der Waals surface area contributed by atoms with Crippen LogP contribution in [0.2, 0.25) is 5.02 Å². The zero-order valence-electron chi connectivity index (χ0n) is 14.2. The summed E-state index contributed by atoms with van der Waals surface area (Å²) < 4.78 is 39.7. The maximum atomic E-state index is 12.9. The van der Waals surface area contributed by atoms with Crippen LogP contribution >= 0.6 is 22.9 Å². The Hall–Kier alpha value is -2.52. The Balaban J connectivity index is 1.93. The molecule has 0 radical (unpaired) electrons. The standard InChI is InChI=1S/C17H14ClF3N4OS/c1-8-4-3-5-9(18)14(8)23-16(26)12-6-10(22)15(27-12)11-7-13(17(19,20)21)24-25(11)2/h3-7H,22H2,1-2H3,(H,23,26). The summed E-state index contributed by atoms with van der Waals surface area (Å²) in [5, 5.41) is 6.57. The van der Waals surface area contributed by atoms with Crippen molar-refractivity contribution in [3.05, 3.63) is 51.5 Å². The molecular weight excluding hydrogens is 401 g/mol. The first-order valence-electron chi connectivity index (χ1n) is 7.65. The normalized spacial score (nSPS) is 11.6. The first-order valence-corrected chi connectivity index (χ1v) is 8.84. The van der Waals surface area contributed by atoms with E-state index in [1.165, 1.54) is 13.1 Å². The van der Waals surface area contributed by atoms with Crippen molar-refractivity contribution < 1.29 is 18.0 Å². The number of benzene rings is 1. The molecule has 2 aromatic heterocycles. The van der Waals surface area contributed by atoms with Gasteiger partial charge in [0.25, 0.3) is 5.91 Å². The summed E-state index contributed by atoms with van der Waals surface area (Å²) in [6.07, 6.45) is -4.57. The minimum Gasteiger partial charge on any atom is -0.397 e. The van der Waals surface area contributed by atoms with Crippen molar-refractivity contribution in [3.8, 4) is 10.6 Å². The highest BCUT2D eigenvalue weighted by Gasteiger charge is 2.35. The predicted molar refractivity (Wildman–Crippen MR) is 100 cm³/mol. The number of carbonyl (C=O) groups is 1. The average molecular weight is 415 g/mol. The van der Waals surface area contributed by atoms with E-state index in [2.05, 4.69) is 10.4 Å². The number of alkyl halides is 3. The first kappa shape index (κ1) is 19.2. The van der Waals surface area contributed by atoms with Crippen LogP contribution in [0.1, 0.15) is 20.9 Å². The molecule has 0 saturated carbocycles. The third kappa shape index (κ3) is 3.79. The number of nitrogens with two attached hydrogens (primary N) is 1. The highest BCUT2D eigenvalue weighted by atomic mass is 35.5. The van der Waals surface area contributed by atoms with E-state index in [-0.39, 0.29) is 16.3 Å². The van der Waals surface area contributed by atoms with Crippen molar-refractivity contribution in [1.29, 1.82) is 0 Å². The lowest BCUT2D eigenvalue weighted by Gasteiger charge is -2.09. The van der Waals surface area contributed by atoms with Crippen LogP contribution < -0.4 is 11.1 Å². The molecule has 3 N–H and O–H groups in total. The van der Waals surface area contributed by atoms with Crippen molar-refractivity contribution in [2.75, 3.05) is 11.1 Å². The molecule has 0 aliphatic carbocycles. The number of carbonyl (C=O) groups excluding carboxylic acids is 1. The Morgan fingerprint density at radius 1 is 1.33 bits per heavy atom. The van der Waals surface area contributed by atoms with Gasteiger partial charge in [0.1, 0.15) is 0 Å². The van der Waals surface area contributed by atoms with Crippen molar-refractivity contribution >= 4 is 40.2 Å². The summed E-state index contributed by atoms with van der Waals surface area (Å²) in [6.45, 7) is 1.80. The number of halogens is 4. The maximum Gasteiger partial charge on any atom is 0.435 e. The summed E-state index contributed by atoms with van der Waals surface area (Å²) in [5.74, 6) is -0.452. The molecule has 10 heteroatoms. The number of thiophene rings is 1. The number of hydrogen-bond acceptors (Lipinski definition) is 4. The lowest BCUT2D eigenvalue weighted by atomic mass is 10.2. The zero-order valence-corrected chi connectivity index (χ0v) is 15.8. The molecule has 5 nitrogen and oxygen atoms in total. The van der Waals surface area contributed by atoms with Gasteiger partial charge in [0, 0.05) is 7.05 Å². The second kappa shape index (κ2) is 6.90. The van der Waals surface area contributed by atoms with Gasteiger partial charge in [-0.1, -0.05) is 23.7 Å². The molecule has 0 bridgehead atoms. The largest absolute Gasteiger partial charge is 0.435 e. The first-order chi connectivity index (χ1) is 12.6. The summed E-state index contributed by atoms with van der Waals surface area (Å²) in [4.78, 5) is 13.1. The van der Waals surface area contributed by atoms with Crippen molar-refractivity contribution in [1.82, 2.24) is 9.78 Å². The van der Waals surface area contributed by atoms with E-state index >= 15 is 0 Å². The van der Waals surface area contributed by atoms with Gasteiger partial charge in [-0.15, -0.1) is 11.3 Å². The molecule has 0 aliphatic heterocycles. The minimum atomic E-state index is -4.57. The number of rotatable bonds is 3. The van der Waals surface area contributed by atoms with Crippen LogP contribution in [0.4, 0.5) is 24.5 Å². The fourth-order valence-corrected chi connectivity index (χ4v) is 3.79. The number of aryl methyl sites for hydroxylation is 2. The highest BCUT2D eigenvalue weighted by molar-refractivity contribution is 7.18. The Bertz CT molecular complexity index is 1010. The number of aromatic nitrogens is 2. The number of anilines is 2. The maximum absolute atomic E-state index is 12.9. The zero-order chi connectivity index (χ0) is 19.9. The lowest BCUT2D eigenvalue weighted by molar-refractivity contribution is -0.141. The molecule has 0 unspecified atom stereocenters. The van der Waals surface area contributed by atoms with Crippen molar-refractivity contribution in [3.63, 3.8) is 0 Å². The number of amides is 1. The minimum absolute atomic E-state index is 0.179. The van der Waals surface area contributed by atoms with Crippen LogP contribution in [0.5, 0.6) is 0 Å². The van der Waals surface area contributed by atoms with Gasteiger partial charge in [-0.2, -0.15) is 18.3 Å². The van der Waals surface area contributed by atoms with Gasteiger partial charge < -0.3 is 11.1 Å². The van der Waals surface area contributed by atoms with Gasteiger partial charge in [-0.3, -0.25) is 9.48 Å². The molecule has 3 rings (SSSR count). The van der Waals surface area contributed by atoms with Crippen LogP contribution in [0.15, 0.2) is 30.3 Å². The van der Waals surface area contributed by atoms with E-state index < -0.39 is 17.8 Å². The SMILES string of the molecule is Cc1cccc(Cl)c1NC(=O)c1cc(N)c(-c2cc(C(F)(F)F)nn2C)s1. The molecule has 2 heterocycles. The molecule has 0 spiro atoms. The van der Waals surface area contributed by atoms with Gasteiger partial charge in [0.15, 0.2) is 5.69 Å². The molecule has 0 fully saturated rings. The molecule has 0 atom stereocenters. The van der Waals surface area contributed by atoms with Crippen LogP contribution in [0.3, 0.4) is 0 Å². The third-order valence-corrected chi connectivity index (χ3v) is 5.34. The Morgan fingerprint density at radius 3 is 2.63 bits per heavy atom. The summed E-state index contributed by atoms with van der Waals surface area (Å²) in [7, 11) is 1.39. The van der Waals surface area contributed by atoms with E-state index in [0.717, 1.165) is 27.6 Å². The van der Waals surface area contributed by atoms with Gasteiger partial charge in [0.05, 0.1) is 31.8 Å². The van der Waals surface area contributed by atoms with Crippen LogP contribution in [-0.4, -0.2) is 15.7 Å². The number of nitrogens with one attached hydrogen (secondary N) is 1. The van der Waals surface area contributed by atoms with E-state index in [1.807, 2.05) is 0 Å². The average Bonchev–Trinajstić information content (AvgIpc) is 3.13. The lowest BCUT2D eigenvalue weighted by Crippen LogP contribution is -2.11. The Labute approximate surface area is 161 Å². The second-order valence-electron chi connectivity index (χ2n) is 5.82. The summed E-state index contributed by atoms with van der Waals surface area (Å²) in [5.41, 5.74) is 6.53. The summed E-state index contributed by atoms with van der Waals surface area (Å²) in [6, 6.07) is 7.52. The van der Waals surface area contributed by atoms with Gasteiger partial charge in [-0.25, -0.2) is 0 Å². The van der Waals surface area contributed by atoms with Crippen LogP contribution in [-0.2, 0) is 13.2 Å². The fraction of sp³-hybridized carbons (Fsp3) is 0.176. The summed E-state index contributed by atoms with van der Waals surface area (Å²) >= 11 is 7.09. The molecule has 3 aromatic rings. The van der Waals surface area contributed by atoms with Crippen LogP contribution in [0, 0.1) is 6.92 Å². The van der Waals surface area contributed by atoms with E-state index in [4.69, 9.17) is 17.3 Å². The number of nitrogens with zero attached hydrogens (tertiary/aromatic N) is 2. The molecule has 0 saturated heterocycles. The topological polar surface area (TPSA) is 72.9 Å². The smallest absolute Gasteiger partial charge is 0.397 e. The molecule has 1 aromatic carbocycles. The van der Waals surface area contributed by atoms with Gasteiger partial charge >= 0.3 is 6.18 Å². The van der Waals surface area contributed by atoms with Gasteiger partial charge in [0.2, 0.25) is 0 Å². The third-order valence-electron chi connectivity index (χ3n) is 3.85. The monoisotopic (exact) mass is 414 g/mol. The van der Waals surface area contributed by atoms with Crippen LogP contribution in [0.25, 0.3) is 10.6 Å². The molecular formula is C17H14ClF3N4OS. The van der Waals surface area contributed by atoms with E-state index in [1.54, 1.807) is 25.1 Å². The van der Waals surface area contributed by atoms with E-state index in [0.29, 0.717) is 15.6 Å². The van der Waals surface area contributed by atoms with Crippen molar-refractivity contribution in [2.45, 2.75) is 13.1 Å². The number of hydrogen-bond donors (Lipinski definition) is 2. The van der Waals surface area contributed by atoms with Crippen molar-refractivity contribution in [2.24, 2.45) is 7.05 Å².